The minimum atomic E-state index is -0.760. The average Bonchev–Trinajstić information content (AvgIpc) is 3.01. The molecule has 2 aromatic heterocycles. The van der Waals surface area contributed by atoms with Crippen LogP contribution in [0.1, 0.15) is 27.2 Å². The van der Waals surface area contributed by atoms with Gasteiger partial charge >= 0.3 is 5.97 Å². The van der Waals surface area contributed by atoms with E-state index in [-0.39, 0.29) is 29.9 Å². The first kappa shape index (κ1) is 15.9. The highest BCUT2D eigenvalue weighted by Gasteiger charge is 2.16. The van der Waals surface area contributed by atoms with E-state index in [0.717, 1.165) is 0 Å². The first-order valence-corrected chi connectivity index (χ1v) is 7.33. The van der Waals surface area contributed by atoms with Crippen LogP contribution in [-0.4, -0.2) is 32.2 Å². The SMILES string of the molecule is Cc1cccc(C(=O)OCCc2c(C)nc3nc[nH]n3c2=O)c1F. The topological polar surface area (TPSA) is 89.3 Å². The van der Waals surface area contributed by atoms with Gasteiger partial charge in [-0.05, 0) is 25.5 Å². The van der Waals surface area contributed by atoms with Crippen molar-refractivity contribution in [2.45, 2.75) is 20.3 Å². The summed E-state index contributed by atoms with van der Waals surface area (Å²) in [6.07, 6.45) is 1.55. The third-order valence-corrected chi connectivity index (χ3v) is 3.73. The Labute approximate surface area is 136 Å². The van der Waals surface area contributed by atoms with E-state index in [0.29, 0.717) is 16.8 Å². The van der Waals surface area contributed by atoms with Crippen molar-refractivity contribution in [2.75, 3.05) is 6.61 Å². The Morgan fingerprint density at radius 1 is 1.38 bits per heavy atom. The van der Waals surface area contributed by atoms with Crippen LogP contribution in [0, 0.1) is 19.7 Å². The van der Waals surface area contributed by atoms with E-state index in [9.17, 15) is 14.0 Å². The summed E-state index contributed by atoms with van der Waals surface area (Å²) < 4.78 is 20.2. The summed E-state index contributed by atoms with van der Waals surface area (Å²) in [5.41, 5.74) is 0.880. The summed E-state index contributed by atoms with van der Waals surface area (Å²) in [6, 6.07) is 4.52. The fourth-order valence-electron chi connectivity index (χ4n) is 2.41. The largest absolute Gasteiger partial charge is 0.462 e. The minimum absolute atomic E-state index is 0.0514. The monoisotopic (exact) mass is 330 g/mol. The predicted molar refractivity (Wildman–Crippen MR) is 83.5 cm³/mol. The van der Waals surface area contributed by atoms with Crippen LogP contribution in [0.3, 0.4) is 0 Å². The number of rotatable bonds is 4. The van der Waals surface area contributed by atoms with Crippen molar-refractivity contribution >= 4 is 11.7 Å². The zero-order chi connectivity index (χ0) is 17.3. The van der Waals surface area contributed by atoms with Gasteiger partial charge in [0.15, 0.2) is 0 Å². The van der Waals surface area contributed by atoms with Crippen LogP contribution in [0.4, 0.5) is 4.39 Å². The quantitative estimate of drug-likeness (QED) is 0.734. The van der Waals surface area contributed by atoms with Gasteiger partial charge in [0.2, 0.25) is 0 Å². The van der Waals surface area contributed by atoms with Crippen molar-refractivity contribution in [3.63, 3.8) is 0 Å². The van der Waals surface area contributed by atoms with Gasteiger partial charge in [-0.3, -0.25) is 9.89 Å². The third kappa shape index (κ3) is 2.78. The van der Waals surface area contributed by atoms with Gasteiger partial charge in [-0.15, -0.1) is 0 Å². The average molecular weight is 330 g/mol. The highest BCUT2D eigenvalue weighted by atomic mass is 19.1. The molecular weight excluding hydrogens is 315 g/mol. The lowest BCUT2D eigenvalue weighted by atomic mass is 10.1. The molecule has 0 saturated carbocycles. The van der Waals surface area contributed by atoms with Crippen molar-refractivity contribution in [1.29, 1.82) is 0 Å². The van der Waals surface area contributed by atoms with Crippen LogP contribution in [0.5, 0.6) is 0 Å². The number of H-pyrrole nitrogens is 1. The molecule has 8 heteroatoms. The lowest BCUT2D eigenvalue weighted by Crippen LogP contribution is -2.23. The van der Waals surface area contributed by atoms with Gasteiger partial charge in [0.25, 0.3) is 11.3 Å². The normalized spacial score (nSPS) is 11.0. The summed E-state index contributed by atoms with van der Waals surface area (Å²) in [5, 5.41) is 2.67. The van der Waals surface area contributed by atoms with Crippen LogP contribution >= 0.6 is 0 Å². The second-order valence-electron chi connectivity index (χ2n) is 5.33. The van der Waals surface area contributed by atoms with Gasteiger partial charge in [0, 0.05) is 12.0 Å². The van der Waals surface area contributed by atoms with Gasteiger partial charge in [-0.2, -0.15) is 4.52 Å². The molecule has 24 heavy (non-hydrogen) atoms. The Balaban J connectivity index is 1.74. The number of hydrogen-bond acceptors (Lipinski definition) is 5. The predicted octanol–water partition coefficient (Wildman–Crippen LogP) is 1.57. The zero-order valence-corrected chi connectivity index (χ0v) is 13.2. The number of benzene rings is 1. The lowest BCUT2D eigenvalue weighted by molar-refractivity contribution is 0.0503. The second-order valence-corrected chi connectivity index (χ2v) is 5.33. The lowest BCUT2D eigenvalue weighted by Gasteiger charge is -2.08. The van der Waals surface area contributed by atoms with Crippen LogP contribution in [-0.2, 0) is 11.2 Å². The number of carbonyl (C=O) groups excluding carboxylic acids is 1. The molecule has 0 aliphatic carbocycles. The van der Waals surface area contributed by atoms with E-state index in [1.807, 2.05) is 0 Å². The fourth-order valence-corrected chi connectivity index (χ4v) is 2.41. The maximum absolute atomic E-state index is 13.9. The van der Waals surface area contributed by atoms with E-state index in [2.05, 4.69) is 15.1 Å². The molecule has 2 heterocycles. The number of ether oxygens (including phenoxy) is 1. The summed E-state index contributed by atoms with van der Waals surface area (Å²) >= 11 is 0. The molecule has 3 aromatic rings. The van der Waals surface area contributed by atoms with Crippen molar-refractivity contribution in [3.8, 4) is 0 Å². The Kier molecular flexibility index (Phi) is 4.11. The van der Waals surface area contributed by atoms with E-state index in [1.165, 1.54) is 16.9 Å². The molecule has 0 radical (unpaired) electrons. The maximum Gasteiger partial charge on any atom is 0.341 e. The molecule has 0 aliphatic heterocycles. The van der Waals surface area contributed by atoms with Crippen molar-refractivity contribution < 1.29 is 13.9 Å². The molecule has 0 fully saturated rings. The molecule has 1 N–H and O–H groups in total. The van der Waals surface area contributed by atoms with E-state index in [1.54, 1.807) is 26.0 Å². The molecule has 1 aromatic carbocycles. The smallest absolute Gasteiger partial charge is 0.341 e. The molecule has 0 spiro atoms. The van der Waals surface area contributed by atoms with Crippen LogP contribution in [0.25, 0.3) is 5.78 Å². The highest BCUT2D eigenvalue weighted by molar-refractivity contribution is 5.89. The van der Waals surface area contributed by atoms with Crippen LogP contribution in [0.2, 0.25) is 0 Å². The molecule has 3 rings (SSSR count). The zero-order valence-electron chi connectivity index (χ0n) is 13.2. The fraction of sp³-hybridized carbons (Fsp3) is 0.250. The van der Waals surface area contributed by atoms with E-state index < -0.39 is 11.8 Å². The molecule has 0 bridgehead atoms. The van der Waals surface area contributed by atoms with Crippen molar-refractivity contribution in [2.24, 2.45) is 0 Å². The molecule has 124 valence electrons. The second kappa shape index (κ2) is 6.23. The van der Waals surface area contributed by atoms with Gasteiger partial charge in [-0.1, -0.05) is 12.1 Å². The molecule has 0 atom stereocenters. The number of carbonyl (C=O) groups is 1. The number of aromatic nitrogens is 4. The number of aryl methyl sites for hydroxylation is 2. The number of fused-ring (bicyclic) bond motifs is 1. The summed E-state index contributed by atoms with van der Waals surface area (Å²) in [7, 11) is 0. The van der Waals surface area contributed by atoms with Gasteiger partial charge in [0.05, 0.1) is 17.9 Å². The Hall–Kier alpha value is -3.03. The van der Waals surface area contributed by atoms with Crippen LogP contribution in [0.15, 0.2) is 29.3 Å². The first-order chi connectivity index (χ1) is 11.5. The number of nitrogens with one attached hydrogen (secondary N) is 1. The molecule has 0 unspecified atom stereocenters. The van der Waals surface area contributed by atoms with Crippen molar-refractivity contribution in [1.82, 2.24) is 19.6 Å². The number of nitrogens with zero attached hydrogens (tertiary/aromatic N) is 3. The Morgan fingerprint density at radius 3 is 2.96 bits per heavy atom. The molecule has 0 saturated heterocycles. The summed E-state index contributed by atoms with van der Waals surface area (Å²) in [5.74, 6) is -1.08. The minimum Gasteiger partial charge on any atom is -0.462 e. The number of aromatic amines is 1. The van der Waals surface area contributed by atoms with Crippen molar-refractivity contribution in [3.05, 3.63) is 63.1 Å². The standard InChI is InChI=1S/C16H15FN4O3/c1-9-4-3-5-12(13(9)17)15(23)24-7-6-11-10(2)20-16-18-8-19-21(16)14(11)22/h3-5,8H,6-7H2,1-2H3,(H,18,19,20). The summed E-state index contributed by atoms with van der Waals surface area (Å²) in [6.45, 7) is 3.21. The van der Waals surface area contributed by atoms with Gasteiger partial charge < -0.3 is 4.74 Å². The highest BCUT2D eigenvalue weighted by Crippen LogP contribution is 2.13. The Morgan fingerprint density at radius 2 is 2.17 bits per heavy atom. The number of esters is 1. The number of halogens is 1. The van der Waals surface area contributed by atoms with Gasteiger partial charge in [0.1, 0.15) is 12.1 Å². The van der Waals surface area contributed by atoms with Gasteiger partial charge in [-0.25, -0.2) is 19.2 Å². The molecular formula is C16H15FN4O3. The van der Waals surface area contributed by atoms with E-state index >= 15 is 0 Å². The molecule has 7 nitrogen and oxygen atoms in total. The number of hydrogen-bond donors (Lipinski definition) is 1. The molecule has 0 amide bonds. The molecule has 0 aliphatic rings. The van der Waals surface area contributed by atoms with Crippen LogP contribution < -0.4 is 5.56 Å². The summed E-state index contributed by atoms with van der Waals surface area (Å²) in [4.78, 5) is 32.4. The third-order valence-electron chi connectivity index (χ3n) is 3.73. The maximum atomic E-state index is 13.9. The Bertz CT molecular complexity index is 977. The van der Waals surface area contributed by atoms with E-state index in [4.69, 9.17) is 4.74 Å². The first-order valence-electron chi connectivity index (χ1n) is 7.33.